The Morgan fingerprint density at radius 1 is 1.03 bits per heavy atom. The number of hydrogen-bond acceptors (Lipinski definition) is 4. The molecule has 1 saturated heterocycles. The lowest BCUT2D eigenvalue weighted by Gasteiger charge is -2.37. The second-order valence-electron chi connectivity index (χ2n) is 8.75. The highest BCUT2D eigenvalue weighted by molar-refractivity contribution is 5.76. The summed E-state index contributed by atoms with van der Waals surface area (Å²) in [6.45, 7) is 5.98. The molecule has 1 aliphatic carbocycles. The molecule has 0 unspecified atom stereocenters. The summed E-state index contributed by atoms with van der Waals surface area (Å²) >= 11 is 0. The molecule has 2 aliphatic rings. The van der Waals surface area contributed by atoms with Crippen LogP contribution in [0.4, 0.5) is 11.5 Å². The highest BCUT2D eigenvalue weighted by atomic mass is 16.1. The number of carbonyl (C=O) groups is 1. The van der Waals surface area contributed by atoms with Crippen molar-refractivity contribution in [3.05, 3.63) is 54.2 Å². The van der Waals surface area contributed by atoms with Gasteiger partial charge in [0.2, 0.25) is 5.91 Å². The number of rotatable bonds is 6. The number of nitrogens with one attached hydrogen (secondary N) is 1. The number of aromatic nitrogens is 1. The van der Waals surface area contributed by atoms with E-state index >= 15 is 0 Å². The van der Waals surface area contributed by atoms with Crippen LogP contribution >= 0.6 is 0 Å². The molecule has 2 aromatic rings. The van der Waals surface area contributed by atoms with Gasteiger partial charge in [0, 0.05) is 44.5 Å². The summed E-state index contributed by atoms with van der Waals surface area (Å²) in [6, 6.07) is 14.8. The summed E-state index contributed by atoms with van der Waals surface area (Å²) in [5.41, 5.74) is 2.42. The maximum Gasteiger partial charge on any atom is 0.220 e. The summed E-state index contributed by atoms with van der Waals surface area (Å²) in [5, 5.41) is 3.23. The maximum absolute atomic E-state index is 12.5. The van der Waals surface area contributed by atoms with Crippen LogP contribution in [0.25, 0.3) is 0 Å². The minimum atomic E-state index is 0.0378. The SMILES string of the molecule is C[C@H](NC(=O)CC1CCCCC1)c1cccc(N2CCN(c3ccccn3)CC2)c1. The molecule has 5 heteroatoms. The van der Waals surface area contributed by atoms with E-state index in [0.29, 0.717) is 12.3 Å². The van der Waals surface area contributed by atoms with Gasteiger partial charge in [-0.25, -0.2) is 4.98 Å². The van der Waals surface area contributed by atoms with E-state index < -0.39 is 0 Å². The van der Waals surface area contributed by atoms with E-state index in [-0.39, 0.29) is 11.9 Å². The van der Waals surface area contributed by atoms with E-state index in [9.17, 15) is 4.79 Å². The lowest BCUT2D eigenvalue weighted by atomic mass is 9.87. The zero-order valence-electron chi connectivity index (χ0n) is 18.1. The third-order valence-electron chi connectivity index (χ3n) is 6.56. The normalized spacial score (nSPS) is 18.8. The average Bonchev–Trinajstić information content (AvgIpc) is 2.80. The smallest absolute Gasteiger partial charge is 0.220 e. The molecule has 1 saturated carbocycles. The van der Waals surface area contributed by atoms with Crippen molar-refractivity contribution in [1.82, 2.24) is 10.3 Å². The number of amides is 1. The van der Waals surface area contributed by atoms with Gasteiger partial charge in [-0.3, -0.25) is 4.79 Å². The molecule has 1 aliphatic heterocycles. The summed E-state index contributed by atoms with van der Waals surface area (Å²) < 4.78 is 0. The molecule has 5 nitrogen and oxygen atoms in total. The number of piperazine rings is 1. The van der Waals surface area contributed by atoms with Crippen LogP contribution in [0.1, 0.15) is 57.1 Å². The van der Waals surface area contributed by atoms with Crippen molar-refractivity contribution in [3.8, 4) is 0 Å². The van der Waals surface area contributed by atoms with E-state index in [1.54, 1.807) is 0 Å². The lowest BCUT2D eigenvalue weighted by molar-refractivity contribution is -0.122. The predicted octanol–water partition coefficient (Wildman–Crippen LogP) is 4.56. The molecule has 0 spiro atoms. The van der Waals surface area contributed by atoms with Gasteiger partial charge in [0.1, 0.15) is 5.82 Å². The Hall–Kier alpha value is -2.56. The van der Waals surface area contributed by atoms with Gasteiger partial charge in [0.05, 0.1) is 6.04 Å². The molecular weight excluding hydrogens is 372 g/mol. The number of anilines is 2. The molecule has 1 N–H and O–H groups in total. The van der Waals surface area contributed by atoms with E-state index in [4.69, 9.17) is 0 Å². The van der Waals surface area contributed by atoms with Gasteiger partial charge in [0.15, 0.2) is 0 Å². The number of hydrogen-bond donors (Lipinski definition) is 1. The molecule has 160 valence electrons. The Balaban J connectivity index is 1.31. The van der Waals surface area contributed by atoms with Gasteiger partial charge in [-0.1, -0.05) is 37.5 Å². The summed E-state index contributed by atoms with van der Waals surface area (Å²) in [4.78, 5) is 21.8. The molecule has 30 heavy (non-hydrogen) atoms. The fourth-order valence-electron chi connectivity index (χ4n) is 4.76. The van der Waals surface area contributed by atoms with Gasteiger partial charge in [-0.05, 0) is 55.5 Å². The van der Waals surface area contributed by atoms with Crippen molar-refractivity contribution in [1.29, 1.82) is 0 Å². The van der Waals surface area contributed by atoms with Crippen LogP contribution in [-0.2, 0) is 4.79 Å². The highest BCUT2D eigenvalue weighted by Gasteiger charge is 2.20. The maximum atomic E-state index is 12.5. The Morgan fingerprint density at radius 2 is 1.80 bits per heavy atom. The van der Waals surface area contributed by atoms with Crippen molar-refractivity contribution < 1.29 is 4.79 Å². The van der Waals surface area contributed by atoms with Crippen LogP contribution in [-0.4, -0.2) is 37.1 Å². The monoisotopic (exact) mass is 406 g/mol. The fraction of sp³-hybridized carbons (Fsp3) is 0.520. The first kappa shape index (κ1) is 20.7. The predicted molar refractivity (Wildman–Crippen MR) is 123 cm³/mol. The topological polar surface area (TPSA) is 48.5 Å². The van der Waals surface area contributed by atoms with Crippen molar-refractivity contribution in [2.45, 2.75) is 51.5 Å². The summed E-state index contributed by atoms with van der Waals surface area (Å²) in [6.07, 6.45) is 8.85. The van der Waals surface area contributed by atoms with E-state index in [1.165, 1.54) is 43.4 Å². The van der Waals surface area contributed by atoms with Crippen molar-refractivity contribution >= 4 is 17.4 Å². The molecule has 1 aromatic carbocycles. The van der Waals surface area contributed by atoms with E-state index in [0.717, 1.165) is 32.0 Å². The Kier molecular flexibility index (Phi) is 6.88. The number of nitrogens with zero attached hydrogens (tertiary/aromatic N) is 3. The second-order valence-corrected chi connectivity index (χ2v) is 8.75. The molecule has 4 rings (SSSR count). The van der Waals surface area contributed by atoms with Gasteiger partial charge in [-0.15, -0.1) is 0 Å². The van der Waals surface area contributed by atoms with Gasteiger partial charge in [0.25, 0.3) is 0 Å². The van der Waals surface area contributed by atoms with Gasteiger partial charge < -0.3 is 15.1 Å². The van der Waals surface area contributed by atoms with Crippen molar-refractivity contribution in [3.63, 3.8) is 0 Å². The fourth-order valence-corrected chi connectivity index (χ4v) is 4.76. The third-order valence-corrected chi connectivity index (χ3v) is 6.56. The van der Waals surface area contributed by atoms with Crippen LogP contribution in [0, 0.1) is 5.92 Å². The largest absolute Gasteiger partial charge is 0.368 e. The first-order chi connectivity index (χ1) is 14.7. The number of pyridine rings is 1. The van der Waals surface area contributed by atoms with Crippen molar-refractivity contribution in [2.24, 2.45) is 5.92 Å². The number of carbonyl (C=O) groups excluding carboxylic acids is 1. The second kappa shape index (κ2) is 9.96. The Labute approximate surface area is 180 Å². The molecule has 1 aromatic heterocycles. The minimum Gasteiger partial charge on any atom is -0.368 e. The molecule has 1 atom stereocenters. The van der Waals surface area contributed by atoms with Crippen LogP contribution in [0.3, 0.4) is 0 Å². The first-order valence-corrected chi connectivity index (χ1v) is 11.5. The Bertz CT molecular complexity index is 811. The summed E-state index contributed by atoms with van der Waals surface area (Å²) in [5.74, 6) is 1.83. The molecule has 1 amide bonds. The molecule has 2 fully saturated rings. The molecule has 0 radical (unpaired) electrons. The lowest BCUT2D eigenvalue weighted by Crippen LogP contribution is -2.46. The molecule has 0 bridgehead atoms. The standard InChI is InChI=1S/C25H34N4O/c1-20(27-25(30)18-21-8-3-2-4-9-21)22-10-7-11-23(19-22)28-14-16-29(17-15-28)24-12-5-6-13-26-24/h5-7,10-13,19-21H,2-4,8-9,14-18H2,1H3,(H,27,30)/t20-/m0/s1. The van der Waals surface area contributed by atoms with E-state index in [1.807, 2.05) is 18.3 Å². The van der Waals surface area contributed by atoms with Gasteiger partial charge >= 0.3 is 0 Å². The van der Waals surface area contributed by atoms with Gasteiger partial charge in [-0.2, -0.15) is 0 Å². The molecule has 2 heterocycles. The first-order valence-electron chi connectivity index (χ1n) is 11.5. The van der Waals surface area contributed by atoms with Crippen molar-refractivity contribution in [2.75, 3.05) is 36.0 Å². The average molecular weight is 407 g/mol. The summed E-state index contributed by atoms with van der Waals surface area (Å²) in [7, 11) is 0. The van der Waals surface area contributed by atoms with Crippen LogP contribution in [0.15, 0.2) is 48.7 Å². The highest BCUT2D eigenvalue weighted by Crippen LogP contribution is 2.27. The minimum absolute atomic E-state index is 0.0378. The van der Waals surface area contributed by atoms with Crippen LogP contribution in [0.5, 0.6) is 0 Å². The quantitative estimate of drug-likeness (QED) is 0.764. The van der Waals surface area contributed by atoms with Crippen LogP contribution < -0.4 is 15.1 Å². The number of benzene rings is 1. The van der Waals surface area contributed by atoms with Crippen LogP contribution in [0.2, 0.25) is 0 Å². The molecular formula is C25H34N4O. The Morgan fingerprint density at radius 3 is 2.53 bits per heavy atom. The van der Waals surface area contributed by atoms with E-state index in [2.05, 4.69) is 57.4 Å². The third kappa shape index (κ3) is 5.32. The zero-order chi connectivity index (χ0) is 20.8. The zero-order valence-corrected chi connectivity index (χ0v) is 18.1.